The van der Waals surface area contributed by atoms with E-state index in [2.05, 4.69) is 51.5 Å². The number of nitrogens with one attached hydrogen (secondary N) is 3. The van der Waals surface area contributed by atoms with Gasteiger partial charge in [-0.05, 0) is 68.7 Å². The number of H-pyrrole nitrogens is 2. The van der Waals surface area contributed by atoms with Crippen LogP contribution in [0, 0.1) is 27.7 Å². The summed E-state index contributed by atoms with van der Waals surface area (Å²) >= 11 is 0. The van der Waals surface area contributed by atoms with Crippen molar-refractivity contribution in [1.29, 1.82) is 0 Å². The zero-order valence-electron chi connectivity index (χ0n) is 16.5. The molecule has 3 N–H and O–H groups in total. The van der Waals surface area contributed by atoms with Crippen LogP contribution in [0.4, 0.5) is 5.69 Å². The van der Waals surface area contributed by atoms with Crippen LogP contribution in [0.15, 0.2) is 36.4 Å². The number of benzene rings is 2. The Morgan fingerprint density at radius 1 is 1.00 bits per heavy atom. The molecule has 28 heavy (non-hydrogen) atoms. The Hall–Kier alpha value is -3.41. The summed E-state index contributed by atoms with van der Waals surface area (Å²) in [4.78, 5) is 20.4. The Balaban J connectivity index is 1.53. The van der Waals surface area contributed by atoms with Crippen LogP contribution in [-0.4, -0.2) is 26.1 Å². The minimum absolute atomic E-state index is 0.0357. The van der Waals surface area contributed by atoms with Crippen molar-refractivity contribution in [2.45, 2.75) is 34.1 Å². The van der Waals surface area contributed by atoms with E-state index < -0.39 is 0 Å². The first kappa shape index (κ1) is 18.0. The maximum absolute atomic E-state index is 12.7. The highest BCUT2D eigenvalue weighted by atomic mass is 16.1. The number of hydrogen-bond donors (Lipinski definition) is 3. The Morgan fingerprint density at radius 3 is 2.39 bits per heavy atom. The summed E-state index contributed by atoms with van der Waals surface area (Å²) in [6.07, 6.45) is 0.331. The fourth-order valence-corrected chi connectivity index (χ4v) is 3.57. The van der Waals surface area contributed by atoms with E-state index >= 15 is 0 Å². The van der Waals surface area contributed by atoms with Crippen LogP contribution in [0.1, 0.15) is 28.2 Å². The number of carbonyl (C=O) groups excluding carboxylic acids is 1. The first-order valence-corrected chi connectivity index (χ1v) is 9.29. The molecule has 4 rings (SSSR count). The van der Waals surface area contributed by atoms with Gasteiger partial charge in [-0.1, -0.05) is 12.1 Å². The Bertz CT molecular complexity index is 1170. The van der Waals surface area contributed by atoms with Crippen LogP contribution in [0.2, 0.25) is 0 Å². The number of rotatable bonds is 4. The summed E-state index contributed by atoms with van der Waals surface area (Å²) in [5.74, 6) is 1.38. The van der Waals surface area contributed by atoms with Gasteiger partial charge >= 0.3 is 0 Å². The smallest absolute Gasteiger partial charge is 0.228 e. The van der Waals surface area contributed by atoms with Crippen LogP contribution in [0.3, 0.4) is 0 Å². The Morgan fingerprint density at radius 2 is 1.71 bits per heavy atom. The quantitative estimate of drug-likeness (QED) is 0.496. The summed E-state index contributed by atoms with van der Waals surface area (Å²) in [6.45, 7) is 8.05. The standard InChI is InChI=1S/C22H23N5O/c1-12-5-6-13(2)21-20(12)18(14(3)23-21)11-19(28)25-17-9-7-16(8-10-17)22-24-15(4)26-27-22/h5-10,23H,11H2,1-4H3,(H,25,28)(H,24,26,27). The molecule has 0 spiro atoms. The topological polar surface area (TPSA) is 86.5 Å². The van der Waals surface area contributed by atoms with E-state index in [9.17, 15) is 4.79 Å². The van der Waals surface area contributed by atoms with Gasteiger partial charge in [-0.3, -0.25) is 9.89 Å². The first-order chi connectivity index (χ1) is 13.4. The van der Waals surface area contributed by atoms with Crippen LogP contribution < -0.4 is 5.32 Å². The van der Waals surface area contributed by atoms with Gasteiger partial charge < -0.3 is 10.3 Å². The van der Waals surface area contributed by atoms with Crippen LogP contribution in [0.25, 0.3) is 22.3 Å². The minimum Gasteiger partial charge on any atom is -0.358 e. The third-order valence-corrected chi connectivity index (χ3v) is 5.05. The highest BCUT2D eigenvalue weighted by Crippen LogP contribution is 2.28. The van der Waals surface area contributed by atoms with E-state index in [0.717, 1.165) is 39.2 Å². The normalized spacial score (nSPS) is 11.1. The lowest BCUT2D eigenvalue weighted by molar-refractivity contribution is -0.115. The fraction of sp³-hybridized carbons (Fsp3) is 0.227. The van der Waals surface area contributed by atoms with Crippen molar-refractivity contribution in [3.8, 4) is 11.4 Å². The lowest BCUT2D eigenvalue weighted by Crippen LogP contribution is -2.14. The molecule has 0 saturated carbocycles. The maximum Gasteiger partial charge on any atom is 0.228 e. The predicted octanol–water partition coefficient (Wildman–Crippen LogP) is 4.37. The van der Waals surface area contributed by atoms with Gasteiger partial charge in [0.15, 0.2) is 5.82 Å². The van der Waals surface area contributed by atoms with E-state index in [0.29, 0.717) is 12.2 Å². The Kier molecular flexibility index (Phi) is 4.47. The third kappa shape index (κ3) is 3.29. The third-order valence-electron chi connectivity index (χ3n) is 5.05. The van der Waals surface area contributed by atoms with Crippen LogP contribution in [-0.2, 0) is 11.2 Å². The van der Waals surface area contributed by atoms with Gasteiger partial charge in [-0.25, -0.2) is 4.98 Å². The number of fused-ring (bicyclic) bond motifs is 1. The molecule has 0 unspecified atom stereocenters. The molecule has 2 heterocycles. The molecule has 0 saturated heterocycles. The molecule has 142 valence electrons. The largest absolute Gasteiger partial charge is 0.358 e. The molecule has 0 aliphatic carbocycles. The summed E-state index contributed by atoms with van der Waals surface area (Å²) in [5.41, 5.74) is 7.24. The number of anilines is 1. The van der Waals surface area contributed by atoms with Crippen molar-refractivity contribution in [2.75, 3.05) is 5.32 Å². The molecular formula is C22H23N5O. The summed E-state index contributed by atoms with van der Waals surface area (Å²) < 4.78 is 0. The molecule has 4 aromatic rings. The molecule has 0 aliphatic heterocycles. The molecule has 6 nitrogen and oxygen atoms in total. The summed E-state index contributed by atoms with van der Waals surface area (Å²) in [5, 5.41) is 11.1. The number of carbonyl (C=O) groups is 1. The minimum atomic E-state index is -0.0357. The number of aromatic amines is 2. The molecule has 0 radical (unpaired) electrons. The van der Waals surface area contributed by atoms with Crippen molar-refractivity contribution >= 4 is 22.5 Å². The number of hydrogen-bond acceptors (Lipinski definition) is 3. The zero-order chi connectivity index (χ0) is 19.8. The van der Waals surface area contributed by atoms with Crippen LogP contribution in [0.5, 0.6) is 0 Å². The average Bonchev–Trinajstić information content (AvgIpc) is 3.24. The van der Waals surface area contributed by atoms with E-state index in [1.807, 2.05) is 38.1 Å². The molecule has 6 heteroatoms. The number of aryl methyl sites for hydroxylation is 4. The summed E-state index contributed by atoms with van der Waals surface area (Å²) in [6, 6.07) is 11.8. The molecule has 2 aromatic carbocycles. The molecule has 1 amide bonds. The van der Waals surface area contributed by atoms with Crippen molar-refractivity contribution in [3.63, 3.8) is 0 Å². The highest BCUT2D eigenvalue weighted by Gasteiger charge is 2.15. The molecule has 0 atom stereocenters. The van der Waals surface area contributed by atoms with Crippen molar-refractivity contribution < 1.29 is 4.79 Å². The molecule has 2 aromatic heterocycles. The van der Waals surface area contributed by atoms with Gasteiger partial charge in [0.1, 0.15) is 5.82 Å². The average molecular weight is 373 g/mol. The second-order valence-corrected chi connectivity index (χ2v) is 7.22. The predicted molar refractivity (Wildman–Crippen MR) is 111 cm³/mol. The van der Waals surface area contributed by atoms with E-state index in [-0.39, 0.29) is 5.91 Å². The zero-order valence-corrected chi connectivity index (χ0v) is 16.5. The first-order valence-electron chi connectivity index (χ1n) is 9.29. The molecule has 0 aliphatic rings. The number of aromatic nitrogens is 4. The SMILES string of the molecule is Cc1nc(-c2ccc(NC(=O)Cc3c(C)[nH]c4c(C)ccc(C)c34)cc2)n[nH]1. The van der Waals surface area contributed by atoms with Crippen molar-refractivity contribution in [1.82, 2.24) is 20.2 Å². The lowest BCUT2D eigenvalue weighted by Gasteiger charge is -2.07. The van der Waals surface area contributed by atoms with Crippen molar-refractivity contribution in [2.24, 2.45) is 0 Å². The molecule has 0 fully saturated rings. The second kappa shape index (κ2) is 6.96. The summed E-state index contributed by atoms with van der Waals surface area (Å²) in [7, 11) is 0. The Labute approximate surface area is 163 Å². The van der Waals surface area contributed by atoms with Gasteiger partial charge in [0.25, 0.3) is 0 Å². The second-order valence-electron chi connectivity index (χ2n) is 7.22. The number of amides is 1. The maximum atomic E-state index is 12.7. The van der Waals surface area contributed by atoms with Crippen LogP contribution >= 0.6 is 0 Å². The van der Waals surface area contributed by atoms with Gasteiger partial charge in [0, 0.05) is 27.8 Å². The monoisotopic (exact) mass is 373 g/mol. The lowest BCUT2D eigenvalue weighted by atomic mass is 10.0. The fourth-order valence-electron chi connectivity index (χ4n) is 3.57. The molecule has 0 bridgehead atoms. The van der Waals surface area contributed by atoms with Crippen molar-refractivity contribution in [3.05, 3.63) is 64.6 Å². The number of nitrogens with zero attached hydrogens (tertiary/aromatic N) is 2. The van der Waals surface area contributed by atoms with Gasteiger partial charge in [0.05, 0.1) is 6.42 Å². The van der Waals surface area contributed by atoms with E-state index in [1.54, 1.807) is 0 Å². The van der Waals surface area contributed by atoms with Gasteiger partial charge in [0.2, 0.25) is 5.91 Å². The molecular weight excluding hydrogens is 350 g/mol. The highest BCUT2D eigenvalue weighted by molar-refractivity contribution is 5.98. The van der Waals surface area contributed by atoms with E-state index in [4.69, 9.17) is 0 Å². The van der Waals surface area contributed by atoms with Gasteiger partial charge in [-0.2, -0.15) is 5.10 Å². The van der Waals surface area contributed by atoms with Gasteiger partial charge in [-0.15, -0.1) is 0 Å². The van der Waals surface area contributed by atoms with E-state index in [1.165, 1.54) is 11.1 Å².